The third-order valence-electron chi connectivity index (χ3n) is 5.90. The number of amides is 1. The molecule has 8 nitrogen and oxygen atoms in total. The van der Waals surface area contributed by atoms with Crippen molar-refractivity contribution in [2.45, 2.75) is 32.6 Å². The van der Waals surface area contributed by atoms with Crippen LogP contribution in [0.1, 0.15) is 43.4 Å². The van der Waals surface area contributed by atoms with Crippen molar-refractivity contribution >= 4 is 11.9 Å². The Morgan fingerprint density at radius 1 is 1.28 bits per heavy atom. The third kappa shape index (κ3) is 3.31. The van der Waals surface area contributed by atoms with Crippen LogP contribution in [0.3, 0.4) is 0 Å². The van der Waals surface area contributed by atoms with Gasteiger partial charge in [-0.15, -0.1) is 0 Å². The summed E-state index contributed by atoms with van der Waals surface area (Å²) in [6.45, 7) is 7.25. The molecule has 154 valence electrons. The molecule has 0 bridgehead atoms. The van der Waals surface area contributed by atoms with E-state index in [1.807, 2.05) is 26.8 Å². The first-order valence-electron chi connectivity index (χ1n) is 9.76. The summed E-state index contributed by atoms with van der Waals surface area (Å²) in [7, 11) is 0. The Hall–Kier alpha value is -2.74. The largest absolute Gasteiger partial charge is 0.481 e. The third-order valence-corrected chi connectivity index (χ3v) is 5.90. The van der Waals surface area contributed by atoms with Crippen LogP contribution in [0.15, 0.2) is 28.8 Å². The number of carboxylic acid groups (broad SMARTS) is 1. The van der Waals surface area contributed by atoms with Gasteiger partial charge in [-0.25, -0.2) is 0 Å². The van der Waals surface area contributed by atoms with Crippen molar-refractivity contribution in [3.63, 3.8) is 0 Å². The lowest BCUT2D eigenvalue weighted by molar-refractivity contribution is -0.157. The summed E-state index contributed by atoms with van der Waals surface area (Å²) in [5.74, 6) is -0.455. The van der Waals surface area contributed by atoms with Crippen molar-refractivity contribution in [3.8, 4) is 11.5 Å². The van der Waals surface area contributed by atoms with Gasteiger partial charge in [-0.1, -0.05) is 38.1 Å². The molecule has 29 heavy (non-hydrogen) atoms. The zero-order chi connectivity index (χ0) is 20.8. The maximum Gasteiger partial charge on any atom is 0.311 e. The molecule has 0 radical (unpaired) electrons. The van der Waals surface area contributed by atoms with Gasteiger partial charge in [-0.3, -0.25) is 9.59 Å². The molecular weight excluding hydrogens is 374 g/mol. The van der Waals surface area contributed by atoms with Gasteiger partial charge in [0.15, 0.2) is 5.82 Å². The highest BCUT2D eigenvalue weighted by molar-refractivity contribution is 6.00. The molecule has 1 N–H and O–H groups in total. The van der Waals surface area contributed by atoms with E-state index in [0.29, 0.717) is 43.1 Å². The van der Waals surface area contributed by atoms with Gasteiger partial charge in [0.2, 0.25) is 0 Å². The number of benzene rings is 1. The fraction of sp³-hybridized carbons (Fsp3) is 0.524. The molecule has 2 aliphatic rings. The van der Waals surface area contributed by atoms with Crippen LogP contribution in [0, 0.1) is 11.3 Å². The molecular formula is C21H25N3O5. The number of ether oxygens (including phenoxy) is 1. The number of carboxylic acids is 1. The number of aromatic nitrogens is 2. The second-order valence-electron chi connectivity index (χ2n) is 8.89. The van der Waals surface area contributed by atoms with E-state index >= 15 is 0 Å². The van der Waals surface area contributed by atoms with E-state index in [1.54, 1.807) is 23.1 Å². The number of hydrogen-bond donors (Lipinski definition) is 1. The molecule has 1 aromatic carbocycles. The lowest BCUT2D eigenvalue weighted by Crippen LogP contribution is -2.45. The van der Waals surface area contributed by atoms with E-state index in [1.165, 1.54) is 0 Å². The summed E-state index contributed by atoms with van der Waals surface area (Å²) < 4.78 is 10.9. The fourth-order valence-corrected chi connectivity index (χ4v) is 4.12. The second kappa shape index (κ2) is 6.95. The Balaban J connectivity index is 1.66. The molecule has 2 fully saturated rings. The van der Waals surface area contributed by atoms with Crippen LogP contribution in [0.2, 0.25) is 0 Å². The molecule has 0 spiro atoms. The number of carbonyl (C=O) groups excluding carboxylic acids is 1. The second-order valence-corrected chi connectivity index (χ2v) is 8.89. The Morgan fingerprint density at radius 3 is 2.69 bits per heavy atom. The first kappa shape index (κ1) is 19.6. The Kier molecular flexibility index (Phi) is 4.69. The average Bonchev–Trinajstić information content (AvgIpc) is 3.33. The van der Waals surface area contributed by atoms with Gasteiger partial charge in [0, 0.05) is 31.0 Å². The number of hydrogen-bond acceptors (Lipinski definition) is 6. The van der Waals surface area contributed by atoms with Crippen LogP contribution in [-0.4, -0.2) is 58.3 Å². The van der Waals surface area contributed by atoms with E-state index in [0.717, 1.165) is 0 Å². The molecule has 3 heterocycles. The lowest BCUT2D eigenvalue weighted by Gasteiger charge is -2.33. The monoisotopic (exact) mass is 399 g/mol. The number of aliphatic carboxylic acids is 1. The molecule has 2 aromatic rings. The predicted molar refractivity (Wildman–Crippen MR) is 103 cm³/mol. The van der Waals surface area contributed by atoms with Gasteiger partial charge in [0.05, 0.1) is 23.1 Å². The highest BCUT2D eigenvalue weighted by Crippen LogP contribution is 2.43. The van der Waals surface area contributed by atoms with Gasteiger partial charge in [0.25, 0.3) is 11.8 Å². The molecule has 1 aromatic heterocycles. The van der Waals surface area contributed by atoms with Gasteiger partial charge in [-0.2, -0.15) is 4.98 Å². The van der Waals surface area contributed by atoms with Crippen molar-refractivity contribution in [1.82, 2.24) is 15.0 Å². The van der Waals surface area contributed by atoms with E-state index < -0.39 is 11.4 Å². The van der Waals surface area contributed by atoms with Crippen molar-refractivity contribution < 1.29 is 24.0 Å². The quantitative estimate of drug-likeness (QED) is 0.845. The number of carbonyl (C=O) groups is 2. The SMILES string of the molecule is CC(C)(C)c1noc(-c2ccccc2C(=O)N2C[C@H]3COCC[C@@]3(C(=O)O)C2)n1. The van der Waals surface area contributed by atoms with Crippen molar-refractivity contribution in [2.24, 2.45) is 11.3 Å². The summed E-state index contributed by atoms with van der Waals surface area (Å²) in [4.78, 5) is 31.5. The summed E-state index contributed by atoms with van der Waals surface area (Å²) in [5, 5.41) is 13.9. The summed E-state index contributed by atoms with van der Waals surface area (Å²) in [5.41, 5.74) is -0.237. The number of nitrogens with zero attached hydrogens (tertiary/aromatic N) is 3. The van der Waals surface area contributed by atoms with Crippen molar-refractivity contribution in [3.05, 3.63) is 35.7 Å². The average molecular weight is 399 g/mol. The highest BCUT2D eigenvalue weighted by atomic mass is 16.5. The molecule has 2 saturated heterocycles. The van der Waals surface area contributed by atoms with E-state index in [4.69, 9.17) is 9.26 Å². The topological polar surface area (TPSA) is 106 Å². The smallest absolute Gasteiger partial charge is 0.311 e. The number of rotatable bonds is 3. The summed E-state index contributed by atoms with van der Waals surface area (Å²) >= 11 is 0. The van der Waals surface area contributed by atoms with E-state index in [2.05, 4.69) is 10.1 Å². The van der Waals surface area contributed by atoms with Crippen LogP contribution >= 0.6 is 0 Å². The first-order chi connectivity index (χ1) is 13.7. The van der Waals surface area contributed by atoms with Crippen LogP contribution < -0.4 is 0 Å². The molecule has 4 rings (SSSR count). The minimum absolute atomic E-state index is 0.181. The molecule has 0 saturated carbocycles. The molecule has 0 aliphatic carbocycles. The summed E-state index contributed by atoms with van der Waals surface area (Å²) in [6, 6.07) is 7.07. The molecule has 1 amide bonds. The molecule has 2 aliphatic heterocycles. The highest BCUT2D eigenvalue weighted by Gasteiger charge is 2.55. The van der Waals surface area contributed by atoms with Gasteiger partial charge in [0.1, 0.15) is 0 Å². The zero-order valence-electron chi connectivity index (χ0n) is 16.8. The Morgan fingerprint density at radius 2 is 2.03 bits per heavy atom. The minimum atomic E-state index is -0.938. The fourth-order valence-electron chi connectivity index (χ4n) is 4.12. The van der Waals surface area contributed by atoms with Gasteiger partial charge < -0.3 is 19.3 Å². The first-order valence-corrected chi connectivity index (χ1v) is 9.76. The molecule has 8 heteroatoms. The minimum Gasteiger partial charge on any atom is -0.481 e. The van der Waals surface area contributed by atoms with Crippen LogP contribution in [-0.2, 0) is 14.9 Å². The normalized spacial score (nSPS) is 24.4. The predicted octanol–water partition coefficient (Wildman–Crippen LogP) is 2.60. The van der Waals surface area contributed by atoms with E-state index in [9.17, 15) is 14.7 Å². The zero-order valence-corrected chi connectivity index (χ0v) is 16.8. The molecule has 2 atom stereocenters. The maximum absolute atomic E-state index is 13.4. The van der Waals surface area contributed by atoms with Crippen LogP contribution in [0.4, 0.5) is 0 Å². The van der Waals surface area contributed by atoms with Crippen molar-refractivity contribution in [2.75, 3.05) is 26.3 Å². The van der Waals surface area contributed by atoms with Gasteiger partial charge in [-0.05, 0) is 18.6 Å². The number of fused-ring (bicyclic) bond motifs is 1. The number of likely N-dealkylation sites (tertiary alicyclic amines) is 1. The Labute approximate surface area is 168 Å². The van der Waals surface area contributed by atoms with Crippen LogP contribution in [0.25, 0.3) is 11.5 Å². The van der Waals surface area contributed by atoms with Crippen LogP contribution in [0.5, 0.6) is 0 Å². The maximum atomic E-state index is 13.4. The summed E-state index contributed by atoms with van der Waals surface area (Å²) in [6.07, 6.45) is 0.414. The molecule has 0 unspecified atom stereocenters. The standard InChI is InChI=1S/C21H25N3O5/c1-20(2,3)18-22-16(29-23-18)14-6-4-5-7-15(14)17(25)24-10-13-11-28-9-8-21(13,12-24)19(26)27/h4-7,13H,8-12H2,1-3H3,(H,26,27)/t13-,21+/m0/s1. The van der Waals surface area contributed by atoms with Crippen molar-refractivity contribution in [1.29, 1.82) is 0 Å². The van der Waals surface area contributed by atoms with Gasteiger partial charge >= 0.3 is 5.97 Å². The van der Waals surface area contributed by atoms with E-state index in [-0.39, 0.29) is 29.7 Å². The Bertz CT molecular complexity index is 948. The lowest BCUT2D eigenvalue weighted by atomic mass is 9.74.